The molecule has 1 aromatic rings. The van der Waals surface area contributed by atoms with Gasteiger partial charge in [-0.05, 0) is 74.5 Å². The largest absolute Gasteiger partial charge is 0.444 e. The molecule has 1 heterocycles. The van der Waals surface area contributed by atoms with Crippen molar-refractivity contribution in [2.75, 3.05) is 6.54 Å². The van der Waals surface area contributed by atoms with Gasteiger partial charge in [0.2, 0.25) is 5.91 Å². The maximum absolute atomic E-state index is 13.9. The van der Waals surface area contributed by atoms with Crippen LogP contribution in [0.4, 0.5) is 4.79 Å². The molecule has 2 atom stereocenters. The number of carbonyl (C=O) groups is 2. The Kier molecular flexibility index (Phi) is 6.70. The highest BCUT2D eigenvalue weighted by molar-refractivity contribution is 5.84. The van der Waals surface area contributed by atoms with Gasteiger partial charge in [0.25, 0.3) is 0 Å². The second-order valence-corrected chi connectivity index (χ2v) is 12.1. The van der Waals surface area contributed by atoms with Crippen molar-refractivity contribution in [2.45, 2.75) is 105 Å². The summed E-state index contributed by atoms with van der Waals surface area (Å²) in [4.78, 5) is 28.2. The monoisotopic (exact) mass is 442 g/mol. The first-order chi connectivity index (χ1) is 14.7. The summed E-state index contributed by atoms with van der Waals surface area (Å²) >= 11 is 0. The van der Waals surface area contributed by atoms with Crippen LogP contribution in [0.2, 0.25) is 0 Å². The third-order valence-corrected chi connectivity index (χ3v) is 7.17. The van der Waals surface area contributed by atoms with Crippen LogP contribution in [0.25, 0.3) is 0 Å². The van der Waals surface area contributed by atoms with E-state index in [0.717, 1.165) is 25.8 Å². The van der Waals surface area contributed by atoms with E-state index >= 15 is 0 Å². The SMILES string of the molecule is CC(C)[C@]1(C(=O)N2CCc3ccc(C(C)(C)C)cc3C2)CC[C@@H](NC(=O)OC(C)(C)C)C1. The van der Waals surface area contributed by atoms with Crippen LogP contribution in [0.5, 0.6) is 0 Å². The molecular weight excluding hydrogens is 400 g/mol. The second kappa shape index (κ2) is 8.72. The van der Waals surface area contributed by atoms with E-state index in [1.165, 1.54) is 16.7 Å². The summed E-state index contributed by atoms with van der Waals surface area (Å²) in [6.07, 6.45) is 2.79. The summed E-state index contributed by atoms with van der Waals surface area (Å²) in [7, 11) is 0. The minimum atomic E-state index is -0.527. The predicted molar refractivity (Wildman–Crippen MR) is 129 cm³/mol. The van der Waals surface area contributed by atoms with E-state index < -0.39 is 17.1 Å². The predicted octanol–water partition coefficient (Wildman–Crippen LogP) is 5.59. The number of benzene rings is 1. The lowest BCUT2D eigenvalue weighted by molar-refractivity contribution is -0.145. The summed E-state index contributed by atoms with van der Waals surface area (Å²) in [5.41, 5.74) is 3.08. The van der Waals surface area contributed by atoms with E-state index in [0.29, 0.717) is 13.0 Å². The highest BCUT2D eigenvalue weighted by atomic mass is 16.6. The average molecular weight is 443 g/mol. The molecule has 178 valence electrons. The van der Waals surface area contributed by atoms with Crippen LogP contribution in [0.3, 0.4) is 0 Å². The lowest BCUT2D eigenvalue weighted by Gasteiger charge is -2.40. The Morgan fingerprint density at radius 3 is 2.41 bits per heavy atom. The lowest BCUT2D eigenvalue weighted by Crippen LogP contribution is -2.48. The highest BCUT2D eigenvalue weighted by Gasteiger charge is 2.50. The third kappa shape index (κ3) is 5.29. The number of fused-ring (bicyclic) bond motifs is 1. The molecule has 5 heteroatoms. The van der Waals surface area contributed by atoms with E-state index in [-0.39, 0.29) is 23.3 Å². The number of ether oxygens (including phenoxy) is 1. The van der Waals surface area contributed by atoms with Gasteiger partial charge in [0.15, 0.2) is 0 Å². The third-order valence-electron chi connectivity index (χ3n) is 7.17. The quantitative estimate of drug-likeness (QED) is 0.664. The van der Waals surface area contributed by atoms with Gasteiger partial charge in [-0.3, -0.25) is 4.79 Å². The van der Waals surface area contributed by atoms with Crippen molar-refractivity contribution in [1.29, 1.82) is 0 Å². The van der Waals surface area contributed by atoms with Crippen molar-refractivity contribution < 1.29 is 14.3 Å². The zero-order chi connectivity index (χ0) is 23.9. The molecule has 1 saturated carbocycles. The van der Waals surface area contributed by atoms with Crippen molar-refractivity contribution in [2.24, 2.45) is 11.3 Å². The fraction of sp³-hybridized carbons (Fsp3) is 0.704. The summed E-state index contributed by atoms with van der Waals surface area (Å²) in [5, 5.41) is 3.01. The van der Waals surface area contributed by atoms with Crippen molar-refractivity contribution >= 4 is 12.0 Å². The van der Waals surface area contributed by atoms with Gasteiger partial charge in [-0.25, -0.2) is 4.79 Å². The fourth-order valence-corrected chi connectivity index (χ4v) is 5.15. The van der Waals surface area contributed by atoms with Crippen LogP contribution in [0.15, 0.2) is 18.2 Å². The Balaban J connectivity index is 1.74. The number of carbonyl (C=O) groups excluding carboxylic acids is 2. The smallest absolute Gasteiger partial charge is 0.407 e. The van der Waals surface area contributed by atoms with Gasteiger partial charge >= 0.3 is 6.09 Å². The number of amides is 2. The van der Waals surface area contributed by atoms with E-state index in [9.17, 15) is 9.59 Å². The van der Waals surface area contributed by atoms with E-state index in [1.807, 2.05) is 20.8 Å². The van der Waals surface area contributed by atoms with Crippen molar-refractivity contribution in [3.8, 4) is 0 Å². The molecule has 3 rings (SSSR count). The van der Waals surface area contributed by atoms with Crippen LogP contribution in [-0.2, 0) is 27.9 Å². The standard InChI is InChI=1S/C27H42N2O3/c1-18(2)27(13-11-22(16-27)28-24(31)32-26(6,7)8)23(30)29-14-12-19-9-10-21(25(3,4)5)15-20(19)17-29/h9-10,15,18,22H,11-14,16-17H2,1-8H3,(H,28,31)/t22-,27+/m1/s1. The minimum absolute atomic E-state index is 0.0271. The van der Waals surface area contributed by atoms with Gasteiger partial charge in [-0.15, -0.1) is 0 Å². The van der Waals surface area contributed by atoms with Crippen LogP contribution < -0.4 is 5.32 Å². The van der Waals surface area contributed by atoms with E-state index in [1.54, 1.807) is 0 Å². The Morgan fingerprint density at radius 1 is 1.12 bits per heavy atom. The van der Waals surface area contributed by atoms with Gasteiger partial charge < -0.3 is 15.0 Å². The number of hydrogen-bond acceptors (Lipinski definition) is 3. The Hall–Kier alpha value is -2.04. The summed E-state index contributed by atoms with van der Waals surface area (Å²) in [6.45, 7) is 18.0. The summed E-state index contributed by atoms with van der Waals surface area (Å²) in [5.74, 6) is 0.454. The fourth-order valence-electron chi connectivity index (χ4n) is 5.15. The van der Waals surface area contributed by atoms with Gasteiger partial charge in [0.05, 0.1) is 5.41 Å². The Bertz CT molecular complexity index is 863. The molecule has 5 nitrogen and oxygen atoms in total. The number of rotatable bonds is 3. The van der Waals surface area contributed by atoms with Gasteiger partial charge in [0, 0.05) is 19.1 Å². The summed E-state index contributed by atoms with van der Waals surface area (Å²) in [6, 6.07) is 6.74. The minimum Gasteiger partial charge on any atom is -0.444 e. The normalized spacial score (nSPS) is 23.8. The first kappa shape index (κ1) is 24.6. The molecule has 0 radical (unpaired) electrons. The summed E-state index contributed by atoms with van der Waals surface area (Å²) < 4.78 is 5.44. The molecule has 1 N–H and O–H groups in total. The molecule has 1 fully saturated rings. The molecule has 0 aromatic heterocycles. The molecule has 0 spiro atoms. The number of alkyl carbamates (subject to hydrolysis) is 1. The van der Waals surface area contributed by atoms with Crippen molar-refractivity contribution in [1.82, 2.24) is 10.2 Å². The van der Waals surface area contributed by atoms with E-state index in [2.05, 4.69) is 63.0 Å². The maximum atomic E-state index is 13.9. The zero-order valence-corrected chi connectivity index (χ0v) is 21.3. The average Bonchev–Trinajstić information content (AvgIpc) is 3.09. The van der Waals surface area contributed by atoms with Crippen LogP contribution in [-0.4, -0.2) is 35.1 Å². The van der Waals surface area contributed by atoms with Crippen LogP contribution in [0, 0.1) is 11.3 Å². The lowest BCUT2D eigenvalue weighted by atomic mass is 9.73. The molecule has 1 aliphatic heterocycles. The van der Waals surface area contributed by atoms with Gasteiger partial charge in [-0.2, -0.15) is 0 Å². The number of nitrogens with zero attached hydrogens (tertiary/aromatic N) is 1. The molecule has 1 aliphatic carbocycles. The van der Waals surface area contributed by atoms with Crippen LogP contribution in [0.1, 0.15) is 91.3 Å². The van der Waals surface area contributed by atoms with E-state index in [4.69, 9.17) is 4.74 Å². The maximum Gasteiger partial charge on any atom is 0.407 e. The first-order valence-corrected chi connectivity index (χ1v) is 12.1. The Morgan fingerprint density at radius 2 is 1.81 bits per heavy atom. The van der Waals surface area contributed by atoms with Gasteiger partial charge in [-0.1, -0.05) is 52.8 Å². The second-order valence-electron chi connectivity index (χ2n) is 12.1. The van der Waals surface area contributed by atoms with Gasteiger partial charge in [0.1, 0.15) is 5.60 Å². The molecular formula is C27H42N2O3. The number of hydrogen-bond donors (Lipinski definition) is 1. The Labute approximate surface area is 194 Å². The highest BCUT2D eigenvalue weighted by Crippen LogP contribution is 2.46. The zero-order valence-electron chi connectivity index (χ0n) is 21.3. The molecule has 1 aromatic carbocycles. The molecule has 32 heavy (non-hydrogen) atoms. The van der Waals surface area contributed by atoms with Crippen molar-refractivity contribution in [3.05, 3.63) is 34.9 Å². The molecule has 0 bridgehead atoms. The van der Waals surface area contributed by atoms with Crippen molar-refractivity contribution in [3.63, 3.8) is 0 Å². The molecule has 0 unspecified atom stereocenters. The molecule has 0 saturated heterocycles. The van der Waals surface area contributed by atoms with Crippen LogP contribution >= 0.6 is 0 Å². The first-order valence-electron chi connectivity index (χ1n) is 12.1. The molecule has 2 aliphatic rings. The topological polar surface area (TPSA) is 58.6 Å². The number of nitrogens with one attached hydrogen (secondary N) is 1. The molecule has 2 amide bonds.